The molecule has 1 aliphatic rings. The first-order chi connectivity index (χ1) is 8.65. The van der Waals surface area contributed by atoms with Gasteiger partial charge in [-0.2, -0.15) is 0 Å². The van der Waals surface area contributed by atoms with Crippen LogP contribution < -0.4 is 5.32 Å². The van der Waals surface area contributed by atoms with Crippen molar-refractivity contribution in [3.8, 4) is 0 Å². The minimum Gasteiger partial charge on any atom is -0.455 e. The van der Waals surface area contributed by atoms with Gasteiger partial charge in [-0.3, -0.25) is 9.59 Å². The summed E-state index contributed by atoms with van der Waals surface area (Å²) in [5.74, 6) is -0.695. The van der Waals surface area contributed by atoms with E-state index in [4.69, 9.17) is 16.3 Å². The maximum atomic E-state index is 11.5. The first kappa shape index (κ1) is 12.9. The van der Waals surface area contributed by atoms with E-state index in [-0.39, 0.29) is 25.0 Å². The smallest absolute Gasteiger partial charge is 0.310 e. The van der Waals surface area contributed by atoms with E-state index < -0.39 is 5.97 Å². The van der Waals surface area contributed by atoms with Gasteiger partial charge in [-0.25, -0.2) is 0 Å². The van der Waals surface area contributed by atoms with Crippen molar-refractivity contribution in [3.63, 3.8) is 0 Å². The fourth-order valence-corrected chi connectivity index (χ4v) is 1.69. The van der Waals surface area contributed by atoms with E-state index in [1.807, 2.05) is 0 Å². The van der Waals surface area contributed by atoms with Crippen molar-refractivity contribution in [1.82, 2.24) is 5.32 Å². The third-order valence-electron chi connectivity index (χ3n) is 2.60. The Morgan fingerprint density at radius 1 is 1.33 bits per heavy atom. The van der Waals surface area contributed by atoms with Gasteiger partial charge in [0.1, 0.15) is 0 Å². The van der Waals surface area contributed by atoms with Crippen LogP contribution in [0.5, 0.6) is 0 Å². The highest BCUT2D eigenvalue weighted by atomic mass is 35.5. The Labute approximate surface area is 110 Å². The van der Waals surface area contributed by atoms with E-state index in [0.717, 1.165) is 12.8 Å². The predicted octanol–water partition coefficient (Wildman–Crippen LogP) is 1.70. The standard InChI is InChI=1S/C13H14ClNO3/c14-11-4-2-1-3-9(11)7-13(17)18-8-12(16)15-10-5-6-10/h1-4,10H,5-8H2,(H,15,16). The molecular formula is C13H14ClNO3. The van der Waals surface area contributed by atoms with Gasteiger partial charge in [-0.1, -0.05) is 29.8 Å². The molecule has 1 amide bonds. The Morgan fingerprint density at radius 3 is 2.72 bits per heavy atom. The Kier molecular flexibility index (Phi) is 4.20. The molecule has 1 aliphatic carbocycles. The molecule has 0 bridgehead atoms. The van der Waals surface area contributed by atoms with Crippen LogP contribution in [0.15, 0.2) is 24.3 Å². The zero-order valence-electron chi connectivity index (χ0n) is 9.82. The summed E-state index contributed by atoms with van der Waals surface area (Å²) in [5, 5.41) is 3.27. The Hall–Kier alpha value is -1.55. The van der Waals surface area contributed by atoms with Crippen LogP contribution in [-0.2, 0) is 20.7 Å². The second kappa shape index (κ2) is 5.87. The van der Waals surface area contributed by atoms with E-state index in [2.05, 4.69) is 5.32 Å². The number of ether oxygens (including phenoxy) is 1. The third kappa shape index (κ3) is 4.04. The molecule has 1 saturated carbocycles. The normalized spacial score (nSPS) is 14.1. The summed E-state index contributed by atoms with van der Waals surface area (Å²) in [5.41, 5.74) is 0.701. The van der Waals surface area contributed by atoms with E-state index >= 15 is 0 Å². The molecule has 0 spiro atoms. The minimum atomic E-state index is -0.450. The largest absolute Gasteiger partial charge is 0.455 e. The van der Waals surface area contributed by atoms with Gasteiger partial charge in [0.15, 0.2) is 6.61 Å². The number of hydrogen-bond acceptors (Lipinski definition) is 3. The summed E-state index contributed by atoms with van der Waals surface area (Å²) < 4.78 is 4.88. The molecule has 1 aromatic carbocycles. The zero-order chi connectivity index (χ0) is 13.0. The highest BCUT2D eigenvalue weighted by Gasteiger charge is 2.23. The molecule has 1 aromatic rings. The maximum absolute atomic E-state index is 11.5. The van der Waals surface area contributed by atoms with Crippen molar-refractivity contribution in [3.05, 3.63) is 34.9 Å². The molecule has 0 heterocycles. The quantitative estimate of drug-likeness (QED) is 0.827. The lowest BCUT2D eigenvalue weighted by molar-refractivity contribution is -0.147. The van der Waals surface area contributed by atoms with Crippen LogP contribution in [0.3, 0.4) is 0 Å². The Bertz CT molecular complexity index is 457. The molecule has 96 valence electrons. The van der Waals surface area contributed by atoms with Gasteiger partial charge in [-0.05, 0) is 24.5 Å². The van der Waals surface area contributed by atoms with Crippen molar-refractivity contribution in [2.45, 2.75) is 25.3 Å². The number of nitrogens with one attached hydrogen (secondary N) is 1. The Balaban J connectivity index is 1.74. The van der Waals surface area contributed by atoms with Crippen LogP contribution in [0.2, 0.25) is 5.02 Å². The maximum Gasteiger partial charge on any atom is 0.310 e. The minimum absolute atomic E-state index is 0.0797. The van der Waals surface area contributed by atoms with Crippen LogP contribution in [0.1, 0.15) is 18.4 Å². The lowest BCUT2D eigenvalue weighted by Gasteiger charge is -2.06. The van der Waals surface area contributed by atoms with Crippen LogP contribution in [0.25, 0.3) is 0 Å². The monoisotopic (exact) mass is 267 g/mol. The lowest BCUT2D eigenvalue weighted by Crippen LogP contribution is -2.30. The lowest BCUT2D eigenvalue weighted by atomic mass is 10.1. The number of amides is 1. The van der Waals surface area contributed by atoms with Gasteiger partial charge in [0.2, 0.25) is 0 Å². The van der Waals surface area contributed by atoms with E-state index in [1.54, 1.807) is 24.3 Å². The summed E-state index contributed by atoms with van der Waals surface area (Å²) in [6.45, 7) is -0.222. The van der Waals surface area contributed by atoms with Crippen LogP contribution in [-0.4, -0.2) is 24.5 Å². The molecule has 0 aromatic heterocycles. The predicted molar refractivity (Wildman–Crippen MR) is 67.3 cm³/mol. The SMILES string of the molecule is O=C(COC(=O)Cc1ccccc1Cl)NC1CC1. The molecule has 0 atom stereocenters. The summed E-state index contributed by atoms with van der Waals surface area (Å²) in [7, 11) is 0. The third-order valence-corrected chi connectivity index (χ3v) is 2.97. The van der Waals surface area contributed by atoms with Crippen molar-refractivity contribution >= 4 is 23.5 Å². The molecule has 0 radical (unpaired) electrons. The van der Waals surface area contributed by atoms with E-state index in [1.165, 1.54) is 0 Å². The van der Waals surface area contributed by atoms with Gasteiger partial charge in [0.05, 0.1) is 6.42 Å². The highest BCUT2D eigenvalue weighted by molar-refractivity contribution is 6.31. The topological polar surface area (TPSA) is 55.4 Å². The van der Waals surface area contributed by atoms with Crippen molar-refractivity contribution in [1.29, 1.82) is 0 Å². The van der Waals surface area contributed by atoms with Gasteiger partial charge in [-0.15, -0.1) is 0 Å². The zero-order valence-corrected chi connectivity index (χ0v) is 10.6. The molecular weight excluding hydrogens is 254 g/mol. The molecule has 18 heavy (non-hydrogen) atoms. The van der Waals surface area contributed by atoms with Gasteiger partial charge < -0.3 is 10.1 Å². The van der Waals surface area contributed by atoms with Crippen LogP contribution in [0, 0.1) is 0 Å². The molecule has 5 heteroatoms. The highest BCUT2D eigenvalue weighted by Crippen LogP contribution is 2.18. The average Bonchev–Trinajstić information content (AvgIpc) is 3.13. The fourth-order valence-electron chi connectivity index (χ4n) is 1.49. The Morgan fingerprint density at radius 2 is 2.06 bits per heavy atom. The number of esters is 1. The van der Waals surface area contributed by atoms with E-state index in [9.17, 15) is 9.59 Å². The van der Waals surface area contributed by atoms with Crippen LogP contribution >= 0.6 is 11.6 Å². The molecule has 0 saturated heterocycles. The fraction of sp³-hybridized carbons (Fsp3) is 0.385. The molecule has 2 rings (SSSR count). The molecule has 0 aliphatic heterocycles. The van der Waals surface area contributed by atoms with Gasteiger partial charge >= 0.3 is 5.97 Å². The number of carbonyl (C=O) groups is 2. The second-order valence-corrected chi connectivity index (χ2v) is 4.68. The summed E-state index contributed by atoms with van der Waals surface area (Å²) in [6, 6.07) is 7.34. The van der Waals surface area contributed by atoms with Gasteiger partial charge in [0.25, 0.3) is 5.91 Å². The van der Waals surface area contributed by atoms with Crippen molar-refractivity contribution in [2.75, 3.05) is 6.61 Å². The summed E-state index contributed by atoms with van der Waals surface area (Å²) in [6.07, 6.45) is 2.11. The second-order valence-electron chi connectivity index (χ2n) is 4.27. The number of benzene rings is 1. The number of carbonyl (C=O) groups excluding carboxylic acids is 2. The number of halogens is 1. The first-order valence-electron chi connectivity index (χ1n) is 5.83. The number of rotatable bonds is 5. The van der Waals surface area contributed by atoms with E-state index in [0.29, 0.717) is 10.6 Å². The molecule has 1 fully saturated rings. The molecule has 1 N–H and O–H groups in total. The van der Waals surface area contributed by atoms with Crippen molar-refractivity contribution < 1.29 is 14.3 Å². The van der Waals surface area contributed by atoms with Crippen molar-refractivity contribution in [2.24, 2.45) is 0 Å². The summed E-state index contributed by atoms with van der Waals surface area (Å²) in [4.78, 5) is 22.8. The van der Waals surface area contributed by atoms with Crippen LogP contribution in [0.4, 0.5) is 0 Å². The average molecular weight is 268 g/mol. The molecule has 0 unspecified atom stereocenters. The first-order valence-corrected chi connectivity index (χ1v) is 6.21. The summed E-state index contributed by atoms with van der Waals surface area (Å²) >= 11 is 5.92. The molecule has 4 nitrogen and oxygen atoms in total. The number of hydrogen-bond donors (Lipinski definition) is 1. The van der Waals surface area contributed by atoms with Gasteiger partial charge in [0, 0.05) is 11.1 Å².